The first-order valence-corrected chi connectivity index (χ1v) is 12.0. The molecule has 0 saturated carbocycles. The van der Waals surface area contributed by atoms with Gasteiger partial charge in [-0.3, -0.25) is 9.48 Å². The minimum Gasteiger partial charge on any atom is -0.383 e. The molecule has 0 saturated heterocycles. The van der Waals surface area contributed by atoms with Crippen LogP contribution < -0.4 is 27.0 Å². The van der Waals surface area contributed by atoms with Crippen molar-refractivity contribution in [3.8, 4) is 0 Å². The standard InChI is InChI=1S/C25H37FN8O2/c1-14(2)11-20(15(3)27)30-24-19(26)13-18(22(28)35)23(31-24)29-16-7-8-21-17(12-16)25(33(4)5)32-34(21)9-10-36-6/h7-8,12-15,20H,9-11,27H2,1-6H3,(H2,28,35)(H2,29,30,31)/t15-,20+/m0/s1. The van der Waals surface area contributed by atoms with Crippen molar-refractivity contribution in [3.05, 3.63) is 35.6 Å². The molecular formula is C25H37FN8O2. The average molecular weight is 501 g/mol. The first-order chi connectivity index (χ1) is 17.0. The van der Waals surface area contributed by atoms with Crippen LogP contribution in [0.5, 0.6) is 0 Å². The van der Waals surface area contributed by atoms with Gasteiger partial charge in [-0.15, -0.1) is 0 Å². The van der Waals surface area contributed by atoms with Gasteiger partial charge >= 0.3 is 0 Å². The molecule has 2 aromatic heterocycles. The number of methoxy groups -OCH3 is 1. The van der Waals surface area contributed by atoms with Crippen molar-refractivity contribution >= 4 is 40.0 Å². The number of fused-ring (bicyclic) bond motifs is 1. The summed E-state index contributed by atoms with van der Waals surface area (Å²) in [7, 11) is 5.48. The molecule has 1 aromatic carbocycles. The van der Waals surface area contributed by atoms with Gasteiger partial charge in [0.15, 0.2) is 17.5 Å². The third-order valence-corrected chi connectivity index (χ3v) is 5.85. The monoisotopic (exact) mass is 500 g/mol. The number of primary amides is 1. The maximum atomic E-state index is 14.9. The van der Waals surface area contributed by atoms with Gasteiger partial charge in [0.2, 0.25) is 0 Å². The number of anilines is 4. The predicted molar refractivity (Wildman–Crippen MR) is 142 cm³/mol. The Labute approximate surface area is 211 Å². The van der Waals surface area contributed by atoms with E-state index in [0.29, 0.717) is 24.8 Å². The Morgan fingerprint density at radius 2 is 1.94 bits per heavy atom. The Morgan fingerprint density at radius 3 is 2.53 bits per heavy atom. The number of nitrogens with one attached hydrogen (secondary N) is 2. The van der Waals surface area contributed by atoms with Crippen LogP contribution in [0.25, 0.3) is 10.9 Å². The van der Waals surface area contributed by atoms with Crippen molar-refractivity contribution in [2.45, 2.75) is 45.8 Å². The predicted octanol–water partition coefficient (Wildman–Crippen LogP) is 3.30. The number of halogens is 1. The van der Waals surface area contributed by atoms with Crippen LogP contribution in [0.2, 0.25) is 0 Å². The van der Waals surface area contributed by atoms with E-state index in [9.17, 15) is 9.18 Å². The number of benzene rings is 1. The number of pyridine rings is 1. The van der Waals surface area contributed by atoms with Crippen LogP contribution in [0.1, 0.15) is 37.6 Å². The molecule has 196 valence electrons. The third-order valence-electron chi connectivity index (χ3n) is 5.85. The Hall–Kier alpha value is -3.44. The second-order valence-corrected chi connectivity index (χ2v) is 9.61. The number of carbonyl (C=O) groups is 1. The second-order valence-electron chi connectivity index (χ2n) is 9.61. The molecule has 0 spiro atoms. The number of ether oxygens (including phenoxy) is 1. The van der Waals surface area contributed by atoms with E-state index in [2.05, 4.69) is 29.5 Å². The number of hydrogen-bond acceptors (Lipinski definition) is 8. The Bertz CT molecular complexity index is 1210. The normalized spacial score (nSPS) is 13.1. The number of rotatable bonds is 12. The fourth-order valence-electron chi connectivity index (χ4n) is 4.02. The maximum Gasteiger partial charge on any atom is 0.252 e. The molecule has 0 aliphatic carbocycles. The van der Waals surface area contributed by atoms with Crippen LogP contribution in [-0.2, 0) is 11.3 Å². The van der Waals surface area contributed by atoms with E-state index in [4.69, 9.17) is 21.3 Å². The SMILES string of the molecule is COCCn1nc(N(C)C)c2cc(Nc3nc(N[C@H](CC(C)C)[C@H](C)N)c(F)cc3C(N)=O)ccc21. The Kier molecular flexibility index (Phi) is 8.70. The summed E-state index contributed by atoms with van der Waals surface area (Å²) < 4.78 is 22.0. The van der Waals surface area contributed by atoms with Crippen molar-refractivity contribution in [3.63, 3.8) is 0 Å². The Morgan fingerprint density at radius 1 is 1.22 bits per heavy atom. The molecular weight excluding hydrogens is 463 g/mol. The van der Waals surface area contributed by atoms with E-state index < -0.39 is 11.7 Å². The van der Waals surface area contributed by atoms with Crippen molar-refractivity contribution in [1.82, 2.24) is 14.8 Å². The number of carbonyl (C=O) groups excluding carboxylic acids is 1. The summed E-state index contributed by atoms with van der Waals surface area (Å²) in [5, 5.41) is 11.8. The van der Waals surface area contributed by atoms with Gasteiger partial charge in [-0.25, -0.2) is 9.37 Å². The molecule has 0 bridgehead atoms. The molecule has 2 atom stereocenters. The van der Waals surface area contributed by atoms with E-state index in [1.165, 1.54) is 0 Å². The quantitative estimate of drug-likeness (QED) is 0.297. The fraction of sp³-hybridized carbons (Fsp3) is 0.480. The molecule has 10 nitrogen and oxygen atoms in total. The zero-order chi connectivity index (χ0) is 26.6. The number of aromatic nitrogens is 3. The molecule has 3 aromatic rings. The zero-order valence-electron chi connectivity index (χ0n) is 21.8. The smallest absolute Gasteiger partial charge is 0.252 e. The summed E-state index contributed by atoms with van der Waals surface area (Å²) in [4.78, 5) is 18.4. The van der Waals surface area contributed by atoms with Crippen LogP contribution >= 0.6 is 0 Å². The third kappa shape index (κ3) is 6.21. The van der Waals surface area contributed by atoms with Crippen LogP contribution in [0, 0.1) is 11.7 Å². The lowest BCUT2D eigenvalue weighted by Crippen LogP contribution is -2.39. The van der Waals surface area contributed by atoms with Gasteiger partial charge in [-0.05, 0) is 43.5 Å². The van der Waals surface area contributed by atoms with Gasteiger partial charge in [0, 0.05) is 44.4 Å². The molecule has 3 rings (SSSR count). The topological polar surface area (TPSA) is 136 Å². The molecule has 2 heterocycles. The summed E-state index contributed by atoms with van der Waals surface area (Å²) in [6, 6.07) is 6.35. The van der Waals surface area contributed by atoms with E-state index in [1.54, 1.807) is 7.11 Å². The lowest BCUT2D eigenvalue weighted by Gasteiger charge is -2.25. The molecule has 0 fully saturated rings. The number of amides is 1. The largest absolute Gasteiger partial charge is 0.383 e. The van der Waals surface area contributed by atoms with E-state index in [1.807, 2.05) is 48.8 Å². The van der Waals surface area contributed by atoms with Gasteiger partial charge in [-0.2, -0.15) is 5.10 Å². The maximum absolute atomic E-state index is 14.9. The van der Waals surface area contributed by atoms with Crippen molar-refractivity contribution in [1.29, 1.82) is 0 Å². The van der Waals surface area contributed by atoms with E-state index in [-0.39, 0.29) is 29.3 Å². The van der Waals surface area contributed by atoms with Crippen molar-refractivity contribution in [2.75, 3.05) is 43.3 Å². The van der Waals surface area contributed by atoms with Crippen LogP contribution in [0.3, 0.4) is 0 Å². The number of nitrogens with zero attached hydrogens (tertiary/aromatic N) is 4. The van der Waals surface area contributed by atoms with Crippen LogP contribution in [0.15, 0.2) is 24.3 Å². The first-order valence-electron chi connectivity index (χ1n) is 12.0. The van der Waals surface area contributed by atoms with Gasteiger partial charge in [-0.1, -0.05) is 13.8 Å². The second kappa shape index (κ2) is 11.5. The lowest BCUT2D eigenvalue weighted by atomic mass is 9.99. The summed E-state index contributed by atoms with van der Waals surface area (Å²) in [5.41, 5.74) is 13.2. The first kappa shape index (κ1) is 27.2. The lowest BCUT2D eigenvalue weighted by molar-refractivity contribution is 0.100. The summed E-state index contributed by atoms with van der Waals surface area (Å²) >= 11 is 0. The molecule has 0 aliphatic heterocycles. The highest BCUT2D eigenvalue weighted by Crippen LogP contribution is 2.31. The molecule has 11 heteroatoms. The van der Waals surface area contributed by atoms with Gasteiger partial charge in [0.05, 0.1) is 24.2 Å². The van der Waals surface area contributed by atoms with E-state index in [0.717, 1.165) is 29.2 Å². The molecule has 0 unspecified atom stereocenters. The highest BCUT2D eigenvalue weighted by Gasteiger charge is 2.22. The highest BCUT2D eigenvalue weighted by atomic mass is 19.1. The summed E-state index contributed by atoms with van der Waals surface area (Å²) in [5.74, 6) is -0.175. The molecule has 1 amide bonds. The number of hydrogen-bond donors (Lipinski definition) is 4. The van der Waals surface area contributed by atoms with Crippen LogP contribution in [-0.4, -0.2) is 60.6 Å². The molecule has 36 heavy (non-hydrogen) atoms. The van der Waals surface area contributed by atoms with E-state index >= 15 is 0 Å². The van der Waals surface area contributed by atoms with Crippen molar-refractivity contribution in [2.24, 2.45) is 17.4 Å². The average Bonchev–Trinajstić information content (AvgIpc) is 3.16. The minimum atomic E-state index is -0.788. The minimum absolute atomic E-state index is 0.00731. The zero-order valence-corrected chi connectivity index (χ0v) is 21.8. The Balaban J connectivity index is 2.01. The molecule has 0 radical (unpaired) electrons. The van der Waals surface area contributed by atoms with Crippen LogP contribution in [0.4, 0.5) is 27.5 Å². The highest BCUT2D eigenvalue weighted by molar-refractivity contribution is 5.99. The van der Waals surface area contributed by atoms with Crippen molar-refractivity contribution < 1.29 is 13.9 Å². The molecule has 6 N–H and O–H groups in total. The fourth-order valence-corrected chi connectivity index (χ4v) is 4.02. The summed E-state index contributed by atoms with van der Waals surface area (Å²) in [6.45, 7) is 7.13. The van der Waals surface area contributed by atoms with Gasteiger partial charge in [0.25, 0.3) is 5.91 Å². The molecule has 0 aliphatic rings. The van der Waals surface area contributed by atoms with Gasteiger partial charge in [0.1, 0.15) is 5.82 Å². The van der Waals surface area contributed by atoms with Gasteiger partial charge < -0.3 is 31.7 Å². The summed E-state index contributed by atoms with van der Waals surface area (Å²) in [6.07, 6.45) is 0.732. The number of nitrogens with two attached hydrogens (primary N) is 2.